The lowest BCUT2D eigenvalue weighted by atomic mass is 9.73. The molecule has 0 aliphatic heterocycles. The minimum absolute atomic E-state index is 0.0641. The highest BCUT2D eigenvalue weighted by Gasteiger charge is 2.51. The van der Waals surface area contributed by atoms with Crippen LogP contribution in [-0.4, -0.2) is 49.9 Å². The Hall–Kier alpha value is -2.19. The quantitative estimate of drug-likeness (QED) is 0.357. The number of fused-ring (bicyclic) bond motifs is 2. The van der Waals surface area contributed by atoms with Crippen LogP contribution in [0.25, 0.3) is 0 Å². The van der Waals surface area contributed by atoms with Crippen LogP contribution in [0, 0.1) is 17.8 Å². The fraction of sp³-hybridized carbons (Fsp3) is 0.567. The van der Waals surface area contributed by atoms with Crippen molar-refractivity contribution in [3.63, 3.8) is 0 Å². The van der Waals surface area contributed by atoms with E-state index in [0.717, 1.165) is 36.1 Å². The second kappa shape index (κ2) is 11.3. The third-order valence-electron chi connectivity index (χ3n) is 8.69. The first-order chi connectivity index (χ1) is 17.5. The predicted molar refractivity (Wildman–Crippen MR) is 146 cm³/mol. The van der Waals surface area contributed by atoms with Gasteiger partial charge >= 0.3 is 5.97 Å². The molecule has 7 heteroatoms. The normalized spacial score (nSPS) is 24.2. The van der Waals surface area contributed by atoms with Gasteiger partial charge in [-0.25, -0.2) is 4.79 Å². The average molecular weight is 527 g/mol. The van der Waals surface area contributed by atoms with Crippen LogP contribution in [0.5, 0.6) is 5.75 Å². The number of hydrogen-bond donors (Lipinski definition) is 2. The van der Waals surface area contributed by atoms with E-state index in [1.165, 1.54) is 5.56 Å². The number of aliphatic hydroxyl groups is 2. The first-order valence-electron chi connectivity index (χ1n) is 13.4. The van der Waals surface area contributed by atoms with Crippen LogP contribution in [0.2, 0.25) is 18.1 Å². The second-order valence-corrected chi connectivity index (χ2v) is 16.9. The zero-order valence-corrected chi connectivity index (χ0v) is 23.8. The molecule has 0 heterocycles. The minimum atomic E-state index is -2.05. The Kier molecular flexibility index (Phi) is 8.48. The standard InChI is InChI=1S/C30H42O6Si/c1-30(2,3)37(4,5)36-27-16-22-15-23-21(14-24(22)29(27)25(32)17-31)12-9-13-26(23)34-19-28(33)35-18-20-10-7-6-8-11-20/h6-13,22,24-25,27,29,31-32H,14-19H2,1-5H3/t22-,24-,25?,27+,29-/m0/s1. The Morgan fingerprint density at radius 3 is 2.49 bits per heavy atom. The fourth-order valence-corrected chi connectivity index (χ4v) is 7.06. The first-order valence-corrected chi connectivity index (χ1v) is 16.3. The van der Waals surface area contributed by atoms with Crippen molar-refractivity contribution in [1.82, 2.24) is 0 Å². The zero-order chi connectivity index (χ0) is 26.8. The molecular weight excluding hydrogens is 484 g/mol. The van der Waals surface area contributed by atoms with Crippen molar-refractivity contribution in [2.75, 3.05) is 13.2 Å². The van der Waals surface area contributed by atoms with E-state index >= 15 is 0 Å². The molecule has 4 rings (SSSR count). The molecule has 5 atom stereocenters. The topological polar surface area (TPSA) is 85.2 Å². The molecule has 0 amide bonds. The van der Waals surface area contributed by atoms with Crippen molar-refractivity contribution in [3.8, 4) is 5.75 Å². The Bertz CT molecular complexity index is 1060. The van der Waals surface area contributed by atoms with Gasteiger partial charge in [-0.05, 0) is 72.0 Å². The summed E-state index contributed by atoms with van der Waals surface area (Å²) >= 11 is 0. The zero-order valence-electron chi connectivity index (χ0n) is 22.8. The summed E-state index contributed by atoms with van der Waals surface area (Å²) in [6.45, 7) is 11.0. The molecule has 0 radical (unpaired) electrons. The summed E-state index contributed by atoms with van der Waals surface area (Å²) < 4.78 is 18.2. The number of carbonyl (C=O) groups is 1. The van der Waals surface area contributed by atoms with Crippen LogP contribution in [0.4, 0.5) is 0 Å². The van der Waals surface area contributed by atoms with Gasteiger partial charge in [-0.3, -0.25) is 0 Å². The third-order valence-corrected chi connectivity index (χ3v) is 13.2. The van der Waals surface area contributed by atoms with Crippen molar-refractivity contribution in [2.24, 2.45) is 17.8 Å². The first kappa shape index (κ1) is 27.8. The van der Waals surface area contributed by atoms with Gasteiger partial charge in [0.2, 0.25) is 0 Å². The van der Waals surface area contributed by atoms with E-state index in [1.54, 1.807) is 0 Å². The van der Waals surface area contributed by atoms with Crippen LogP contribution < -0.4 is 4.74 Å². The van der Waals surface area contributed by atoms with E-state index in [4.69, 9.17) is 13.9 Å². The molecule has 0 aromatic heterocycles. The van der Waals surface area contributed by atoms with Gasteiger partial charge < -0.3 is 24.1 Å². The van der Waals surface area contributed by atoms with Gasteiger partial charge in [-0.2, -0.15) is 0 Å². The van der Waals surface area contributed by atoms with Crippen LogP contribution in [0.15, 0.2) is 48.5 Å². The Morgan fingerprint density at radius 2 is 1.81 bits per heavy atom. The number of aliphatic hydroxyl groups excluding tert-OH is 2. The molecule has 2 aliphatic rings. The molecule has 1 fully saturated rings. The molecule has 1 saturated carbocycles. The summed E-state index contributed by atoms with van der Waals surface area (Å²) in [5.41, 5.74) is 3.25. The summed E-state index contributed by atoms with van der Waals surface area (Å²) in [6.07, 6.45) is 1.58. The molecule has 0 bridgehead atoms. The summed E-state index contributed by atoms with van der Waals surface area (Å²) in [7, 11) is -2.05. The molecule has 2 aliphatic carbocycles. The highest BCUT2D eigenvalue weighted by Crippen LogP contribution is 2.51. The largest absolute Gasteiger partial charge is 0.482 e. The lowest BCUT2D eigenvalue weighted by molar-refractivity contribution is -0.147. The summed E-state index contributed by atoms with van der Waals surface area (Å²) in [4.78, 5) is 12.3. The van der Waals surface area contributed by atoms with Crippen LogP contribution in [0.3, 0.4) is 0 Å². The van der Waals surface area contributed by atoms with E-state index in [2.05, 4.69) is 39.9 Å². The van der Waals surface area contributed by atoms with Gasteiger partial charge in [-0.15, -0.1) is 0 Å². The Morgan fingerprint density at radius 1 is 1.08 bits per heavy atom. The van der Waals surface area contributed by atoms with E-state index in [9.17, 15) is 15.0 Å². The van der Waals surface area contributed by atoms with Crippen molar-refractivity contribution in [1.29, 1.82) is 0 Å². The summed E-state index contributed by atoms with van der Waals surface area (Å²) in [6, 6.07) is 15.6. The van der Waals surface area contributed by atoms with Gasteiger partial charge in [0.15, 0.2) is 14.9 Å². The maximum atomic E-state index is 12.3. The van der Waals surface area contributed by atoms with E-state index < -0.39 is 20.4 Å². The van der Waals surface area contributed by atoms with E-state index in [1.807, 2.05) is 42.5 Å². The molecule has 2 aromatic carbocycles. The molecule has 6 nitrogen and oxygen atoms in total. The van der Waals surface area contributed by atoms with E-state index in [0.29, 0.717) is 5.92 Å². The SMILES string of the molecule is CC(C)(C)[Si](C)(C)O[C@@H]1C[C@@H]2Cc3c(cccc3OCC(=O)OCc3ccccc3)C[C@@H]2[C@H]1C(O)CO. The molecular formula is C30H42O6Si. The number of ether oxygens (including phenoxy) is 2. The van der Waals surface area contributed by atoms with Gasteiger partial charge in [0.05, 0.1) is 18.8 Å². The van der Waals surface area contributed by atoms with Crippen molar-refractivity contribution >= 4 is 14.3 Å². The Labute approximate surface area is 222 Å². The number of benzene rings is 2. The van der Waals surface area contributed by atoms with Gasteiger partial charge in [0.1, 0.15) is 12.4 Å². The van der Waals surface area contributed by atoms with Crippen LogP contribution in [0.1, 0.15) is 43.9 Å². The number of hydrogen-bond acceptors (Lipinski definition) is 6. The van der Waals surface area contributed by atoms with Crippen molar-refractivity contribution < 1.29 is 28.9 Å². The second-order valence-electron chi connectivity index (χ2n) is 12.1. The molecule has 1 unspecified atom stereocenters. The van der Waals surface area contributed by atoms with Gasteiger partial charge in [-0.1, -0.05) is 63.2 Å². The third kappa shape index (κ3) is 6.28. The monoisotopic (exact) mass is 526 g/mol. The molecule has 0 spiro atoms. The highest BCUT2D eigenvalue weighted by atomic mass is 28.4. The maximum Gasteiger partial charge on any atom is 0.344 e. The lowest BCUT2D eigenvalue weighted by Gasteiger charge is -2.41. The van der Waals surface area contributed by atoms with E-state index in [-0.39, 0.29) is 42.8 Å². The molecule has 2 aromatic rings. The lowest BCUT2D eigenvalue weighted by Crippen LogP contribution is -2.47. The van der Waals surface area contributed by atoms with Crippen LogP contribution >= 0.6 is 0 Å². The van der Waals surface area contributed by atoms with Crippen molar-refractivity contribution in [3.05, 3.63) is 65.2 Å². The predicted octanol–water partition coefficient (Wildman–Crippen LogP) is 4.90. The number of carbonyl (C=O) groups excluding carboxylic acids is 1. The van der Waals surface area contributed by atoms with Crippen LogP contribution in [-0.2, 0) is 33.4 Å². The molecule has 2 N–H and O–H groups in total. The fourth-order valence-electron chi connectivity index (χ4n) is 5.70. The summed E-state index contributed by atoms with van der Waals surface area (Å²) in [5, 5.41) is 20.8. The van der Waals surface area contributed by atoms with Gasteiger partial charge in [0, 0.05) is 5.92 Å². The number of rotatable bonds is 9. The average Bonchev–Trinajstić information content (AvgIpc) is 3.20. The Balaban J connectivity index is 1.45. The molecule has 37 heavy (non-hydrogen) atoms. The van der Waals surface area contributed by atoms with Crippen molar-refractivity contribution in [2.45, 2.75) is 77.0 Å². The maximum absolute atomic E-state index is 12.3. The minimum Gasteiger partial charge on any atom is -0.482 e. The molecule has 202 valence electrons. The summed E-state index contributed by atoms with van der Waals surface area (Å²) in [5.74, 6) is 0.777. The smallest absolute Gasteiger partial charge is 0.344 e. The molecule has 0 saturated heterocycles. The van der Waals surface area contributed by atoms with Gasteiger partial charge in [0.25, 0.3) is 0 Å². The highest BCUT2D eigenvalue weighted by molar-refractivity contribution is 6.74. The number of esters is 1.